The average molecular weight is 335 g/mol. The number of hydrogen-bond donors (Lipinski definition) is 1. The molecule has 4 rings (SSSR count). The molecule has 0 radical (unpaired) electrons. The maximum atomic E-state index is 12.5. The molecule has 1 N–H and O–H groups in total. The van der Waals surface area contributed by atoms with Gasteiger partial charge in [0, 0.05) is 29.8 Å². The minimum Gasteiger partial charge on any atom is -0.325 e. The molecule has 1 fully saturated rings. The van der Waals surface area contributed by atoms with E-state index >= 15 is 0 Å². The van der Waals surface area contributed by atoms with Crippen LogP contribution in [0.2, 0.25) is 0 Å². The van der Waals surface area contributed by atoms with Gasteiger partial charge in [-0.2, -0.15) is 0 Å². The van der Waals surface area contributed by atoms with Crippen molar-refractivity contribution in [1.82, 2.24) is 19.3 Å². The number of carbonyl (C=O) groups excluding carboxylic acids is 1. The first-order valence-electron chi connectivity index (χ1n) is 8.62. The zero-order valence-corrected chi connectivity index (χ0v) is 14.2. The highest BCUT2D eigenvalue weighted by molar-refractivity contribution is 5.95. The van der Waals surface area contributed by atoms with E-state index in [2.05, 4.69) is 20.2 Å². The van der Waals surface area contributed by atoms with Gasteiger partial charge in [0.05, 0.1) is 11.7 Å². The predicted octanol–water partition coefficient (Wildman–Crippen LogP) is 2.82. The zero-order valence-electron chi connectivity index (χ0n) is 14.2. The van der Waals surface area contributed by atoms with Crippen LogP contribution in [0.1, 0.15) is 19.3 Å². The summed E-state index contributed by atoms with van der Waals surface area (Å²) in [6.07, 6.45) is 8.81. The second-order valence-electron chi connectivity index (χ2n) is 6.51. The molecule has 2 aromatic heterocycles. The van der Waals surface area contributed by atoms with Gasteiger partial charge in [-0.25, -0.2) is 9.97 Å². The predicted molar refractivity (Wildman–Crippen MR) is 97.3 cm³/mol. The minimum atomic E-state index is -0.0297. The first kappa shape index (κ1) is 15.8. The SMILES string of the molecule is CN1CCCC[C@H]1C(=O)Nc1ccc(-c2cn3cccnc3n2)cc1. The van der Waals surface area contributed by atoms with Crippen LogP contribution in [0.3, 0.4) is 0 Å². The van der Waals surface area contributed by atoms with Gasteiger partial charge in [-0.3, -0.25) is 14.1 Å². The van der Waals surface area contributed by atoms with Crippen molar-refractivity contribution in [3.63, 3.8) is 0 Å². The lowest BCUT2D eigenvalue weighted by Gasteiger charge is -2.31. The summed E-state index contributed by atoms with van der Waals surface area (Å²) < 4.78 is 1.89. The standard InChI is InChI=1S/C19H21N5O/c1-23-11-3-2-5-17(23)18(25)21-15-8-6-14(7-9-15)16-13-24-12-4-10-20-19(24)22-16/h4,6-10,12-13,17H,2-3,5,11H2,1H3,(H,21,25)/t17-/m0/s1. The molecule has 3 heterocycles. The summed E-state index contributed by atoms with van der Waals surface area (Å²) in [5, 5.41) is 3.03. The van der Waals surface area contributed by atoms with Crippen LogP contribution in [-0.4, -0.2) is 44.8 Å². The number of carbonyl (C=O) groups is 1. The maximum absolute atomic E-state index is 12.5. The number of anilines is 1. The van der Waals surface area contributed by atoms with E-state index in [0.717, 1.165) is 36.3 Å². The molecule has 128 valence electrons. The Bertz CT molecular complexity index is 853. The van der Waals surface area contributed by atoms with Gasteiger partial charge in [0.1, 0.15) is 0 Å². The Hall–Kier alpha value is -2.73. The summed E-state index contributed by atoms with van der Waals surface area (Å²) >= 11 is 0. The van der Waals surface area contributed by atoms with Crippen LogP contribution in [0.5, 0.6) is 0 Å². The van der Waals surface area contributed by atoms with E-state index in [1.54, 1.807) is 6.20 Å². The Morgan fingerprint density at radius 2 is 2.08 bits per heavy atom. The second kappa shape index (κ2) is 6.64. The molecule has 6 nitrogen and oxygen atoms in total. The molecule has 25 heavy (non-hydrogen) atoms. The molecule has 1 saturated heterocycles. The van der Waals surface area contributed by atoms with Crippen molar-refractivity contribution in [2.24, 2.45) is 0 Å². The number of amides is 1. The molecule has 0 saturated carbocycles. The van der Waals surface area contributed by atoms with Gasteiger partial charge in [-0.1, -0.05) is 18.6 Å². The van der Waals surface area contributed by atoms with Crippen molar-refractivity contribution in [3.05, 3.63) is 48.9 Å². The van der Waals surface area contributed by atoms with E-state index in [9.17, 15) is 4.79 Å². The number of fused-ring (bicyclic) bond motifs is 1. The Kier molecular flexibility index (Phi) is 4.19. The highest BCUT2D eigenvalue weighted by Gasteiger charge is 2.25. The third kappa shape index (κ3) is 3.25. The van der Waals surface area contributed by atoms with Crippen LogP contribution >= 0.6 is 0 Å². The van der Waals surface area contributed by atoms with Crippen LogP contribution in [0, 0.1) is 0 Å². The Morgan fingerprint density at radius 3 is 2.84 bits per heavy atom. The van der Waals surface area contributed by atoms with Gasteiger partial charge in [-0.05, 0) is 44.6 Å². The number of hydrogen-bond acceptors (Lipinski definition) is 4. The number of piperidine rings is 1. The molecule has 1 aromatic carbocycles. The molecule has 6 heteroatoms. The van der Waals surface area contributed by atoms with Crippen LogP contribution in [0.15, 0.2) is 48.9 Å². The van der Waals surface area contributed by atoms with Crippen LogP contribution < -0.4 is 5.32 Å². The lowest BCUT2D eigenvalue weighted by Crippen LogP contribution is -2.44. The number of aromatic nitrogens is 3. The van der Waals surface area contributed by atoms with Gasteiger partial charge in [0.25, 0.3) is 0 Å². The third-order valence-corrected chi connectivity index (χ3v) is 4.76. The molecule has 0 bridgehead atoms. The molecule has 1 amide bonds. The molecular weight excluding hydrogens is 314 g/mol. The number of likely N-dealkylation sites (tertiary alicyclic amines) is 1. The van der Waals surface area contributed by atoms with Gasteiger partial charge >= 0.3 is 0 Å². The third-order valence-electron chi connectivity index (χ3n) is 4.76. The highest BCUT2D eigenvalue weighted by atomic mass is 16.2. The van der Waals surface area contributed by atoms with E-state index < -0.39 is 0 Å². The fourth-order valence-corrected chi connectivity index (χ4v) is 3.33. The highest BCUT2D eigenvalue weighted by Crippen LogP contribution is 2.22. The lowest BCUT2D eigenvalue weighted by atomic mass is 10.0. The maximum Gasteiger partial charge on any atom is 0.241 e. The largest absolute Gasteiger partial charge is 0.325 e. The lowest BCUT2D eigenvalue weighted by molar-refractivity contribution is -0.121. The Balaban J connectivity index is 1.49. The number of likely N-dealkylation sites (N-methyl/N-ethyl adjacent to an activating group) is 1. The monoisotopic (exact) mass is 335 g/mol. The van der Waals surface area contributed by atoms with E-state index in [1.165, 1.54) is 6.42 Å². The van der Waals surface area contributed by atoms with Crippen molar-refractivity contribution >= 4 is 17.4 Å². The number of nitrogens with one attached hydrogen (secondary N) is 1. The summed E-state index contributed by atoms with van der Waals surface area (Å²) in [5.41, 5.74) is 2.68. The number of benzene rings is 1. The molecule has 0 aliphatic carbocycles. The van der Waals surface area contributed by atoms with Crippen LogP contribution in [-0.2, 0) is 4.79 Å². The van der Waals surface area contributed by atoms with Gasteiger partial charge in [0.2, 0.25) is 11.7 Å². The van der Waals surface area contributed by atoms with Crippen molar-refractivity contribution in [2.45, 2.75) is 25.3 Å². The van der Waals surface area contributed by atoms with Crippen molar-refractivity contribution in [3.8, 4) is 11.3 Å². The van der Waals surface area contributed by atoms with Gasteiger partial charge < -0.3 is 5.32 Å². The van der Waals surface area contributed by atoms with Crippen molar-refractivity contribution < 1.29 is 4.79 Å². The first-order valence-corrected chi connectivity index (χ1v) is 8.62. The molecule has 1 atom stereocenters. The van der Waals surface area contributed by atoms with E-state index in [4.69, 9.17) is 0 Å². The number of imidazole rings is 1. The molecule has 1 aliphatic rings. The van der Waals surface area contributed by atoms with Crippen LogP contribution in [0.4, 0.5) is 5.69 Å². The Morgan fingerprint density at radius 1 is 1.24 bits per heavy atom. The number of nitrogens with zero attached hydrogens (tertiary/aromatic N) is 4. The Labute approximate surface area is 146 Å². The first-order chi connectivity index (χ1) is 12.2. The van der Waals surface area contributed by atoms with Gasteiger partial charge in [-0.15, -0.1) is 0 Å². The molecule has 1 aliphatic heterocycles. The van der Waals surface area contributed by atoms with Gasteiger partial charge in [0.15, 0.2) is 0 Å². The minimum absolute atomic E-state index is 0.0297. The summed E-state index contributed by atoms with van der Waals surface area (Å²) in [5.74, 6) is 0.752. The van der Waals surface area contributed by atoms with Crippen molar-refractivity contribution in [2.75, 3.05) is 18.9 Å². The average Bonchev–Trinajstić information content (AvgIpc) is 3.07. The van der Waals surface area contributed by atoms with E-state index in [0.29, 0.717) is 5.78 Å². The quantitative estimate of drug-likeness (QED) is 0.799. The van der Waals surface area contributed by atoms with E-state index in [1.807, 2.05) is 54.2 Å². The second-order valence-corrected chi connectivity index (χ2v) is 6.51. The van der Waals surface area contributed by atoms with Crippen LogP contribution in [0.25, 0.3) is 17.0 Å². The summed E-state index contributed by atoms with van der Waals surface area (Å²) in [6, 6.07) is 9.64. The fraction of sp³-hybridized carbons (Fsp3) is 0.316. The van der Waals surface area contributed by atoms with Crippen molar-refractivity contribution in [1.29, 1.82) is 0 Å². The molecule has 0 spiro atoms. The topological polar surface area (TPSA) is 62.5 Å². The van der Waals surface area contributed by atoms with E-state index in [-0.39, 0.29) is 11.9 Å². The normalized spacial score (nSPS) is 18.4. The molecular formula is C19H21N5O. The summed E-state index contributed by atoms with van der Waals surface area (Å²) in [7, 11) is 2.02. The zero-order chi connectivity index (χ0) is 17.2. The number of rotatable bonds is 3. The molecule has 3 aromatic rings. The summed E-state index contributed by atoms with van der Waals surface area (Å²) in [4.78, 5) is 23.4. The summed E-state index contributed by atoms with van der Waals surface area (Å²) in [6.45, 7) is 0.985. The fourth-order valence-electron chi connectivity index (χ4n) is 3.33. The smallest absolute Gasteiger partial charge is 0.241 e. The molecule has 0 unspecified atom stereocenters.